The van der Waals surface area contributed by atoms with E-state index in [9.17, 15) is 9.90 Å². The minimum Gasteiger partial charge on any atom is -0.444 e. The molecule has 1 aromatic carbocycles. The van der Waals surface area contributed by atoms with Crippen LogP contribution in [-0.2, 0) is 4.74 Å². The van der Waals surface area contributed by atoms with E-state index in [0.717, 1.165) is 4.90 Å². The van der Waals surface area contributed by atoms with Crippen LogP contribution in [0.5, 0.6) is 0 Å². The van der Waals surface area contributed by atoms with Crippen molar-refractivity contribution >= 4 is 17.9 Å². The minimum atomic E-state index is -1.03. The maximum absolute atomic E-state index is 11.8. The Morgan fingerprint density at radius 1 is 1.33 bits per heavy atom. The third kappa shape index (κ3) is 7.36. The number of aliphatic hydroxyl groups excluding tert-OH is 2. The molecule has 0 saturated carbocycles. The number of thioether (sulfide) groups is 1. The van der Waals surface area contributed by atoms with Gasteiger partial charge in [0.2, 0.25) is 0 Å². The highest BCUT2D eigenvalue weighted by Crippen LogP contribution is 2.19. The van der Waals surface area contributed by atoms with Gasteiger partial charge in [-0.2, -0.15) is 0 Å². The van der Waals surface area contributed by atoms with Gasteiger partial charge in [0.1, 0.15) is 5.60 Å². The lowest BCUT2D eigenvalue weighted by molar-refractivity contribution is 0.0353. The Morgan fingerprint density at radius 3 is 2.48 bits per heavy atom. The van der Waals surface area contributed by atoms with Crippen LogP contribution in [0.3, 0.4) is 0 Å². The van der Waals surface area contributed by atoms with Crippen molar-refractivity contribution in [2.45, 2.75) is 43.4 Å². The lowest BCUT2D eigenvalue weighted by Gasteiger charge is -2.25. The molecule has 118 valence electrons. The number of carbonyl (C=O) groups excluding carboxylic acids is 1. The van der Waals surface area contributed by atoms with Crippen molar-refractivity contribution in [1.29, 1.82) is 0 Å². The van der Waals surface area contributed by atoms with Gasteiger partial charge in [-0.1, -0.05) is 18.2 Å². The number of carbonyl (C=O) groups is 1. The molecule has 2 atom stereocenters. The molecule has 0 aliphatic carbocycles. The number of hydrogen-bond donors (Lipinski definition) is 3. The van der Waals surface area contributed by atoms with E-state index in [0.29, 0.717) is 5.75 Å². The van der Waals surface area contributed by atoms with Crippen LogP contribution in [0.15, 0.2) is 35.2 Å². The number of aliphatic hydroxyl groups is 2. The normalized spacial score (nSPS) is 14.3. The van der Waals surface area contributed by atoms with Crippen LogP contribution in [0, 0.1) is 0 Å². The Bertz CT molecular complexity index is 433. The van der Waals surface area contributed by atoms with Crippen LogP contribution in [0.2, 0.25) is 0 Å². The highest BCUT2D eigenvalue weighted by atomic mass is 32.2. The van der Waals surface area contributed by atoms with Gasteiger partial charge in [0.25, 0.3) is 0 Å². The van der Waals surface area contributed by atoms with Crippen LogP contribution < -0.4 is 5.32 Å². The molecule has 0 fully saturated rings. The molecule has 0 aromatic heterocycles. The molecule has 0 spiro atoms. The lowest BCUT2D eigenvalue weighted by Crippen LogP contribution is -2.48. The van der Waals surface area contributed by atoms with E-state index < -0.39 is 30.4 Å². The van der Waals surface area contributed by atoms with Gasteiger partial charge in [0.05, 0.1) is 18.8 Å². The topological polar surface area (TPSA) is 78.8 Å². The first-order valence-electron chi connectivity index (χ1n) is 6.78. The zero-order valence-corrected chi connectivity index (χ0v) is 13.4. The molecule has 0 aliphatic heterocycles. The van der Waals surface area contributed by atoms with Crippen molar-refractivity contribution in [2.24, 2.45) is 0 Å². The fourth-order valence-corrected chi connectivity index (χ4v) is 2.56. The van der Waals surface area contributed by atoms with Gasteiger partial charge >= 0.3 is 6.09 Å². The van der Waals surface area contributed by atoms with Crippen molar-refractivity contribution < 1.29 is 19.7 Å². The number of benzene rings is 1. The van der Waals surface area contributed by atoms with E-state index in [1.54, 1.807) is 20.8 Å². The zero-order valence-electron chi connectivity index (χ0n) is 12.6. The number of amides is 1. The summed E-state index contributed by atoms with van der Waals surface area (Å²) >= 11 is 1.49. The first kappa shape index (κ1) is 17.8. The van der Waals surface area contributed by atoms with Crippen LogP contribution in [0.25, 0.3) is 0 Å². The van der Waals surface area contributed by atoms with Gasteiger partial charge < -0.3 is 20.3 Å². The van der Waals surface area contributed by atoms with Crippen LogP contribution in [0.1, 0.15) is 20.8 Å². The molecule has 5 nitrogen and oxygen atoms in total. The fraction of sp³-hybridized carbons (Fsp3) is 0.533. The number of rotatable bonds is 6. The van der Waals surface area contributed by atoms with Crippen molar-refractivity contribution in [3.05, 3.63) is 30.3 Å². The fourth-order valence-electron chi connectivity index (χ4n) is 1.54. The van der Waals surface area contributed by atoms with Crippen molar-refractivity contribution in [2.75, 3.05) is 12.4 Å². The molecule has 6 heteroatoms. The molecule has 0 bridgehead atoms. The second-order valence-corrected chi connectivity index (χ2v) is 6.72. The summed E-state index contributed by atoms with van der Waals surface area (Å²) in [7, 11) is 0. The summed E-state index contributed by atoms with van der Waals surface area (Å²) in [5.74, 6) is 0.435. The van der Waals surface area contributed by atoms with Gasteiger partial charge in [-0.25, -0.2) is 4.79 Å². The molecule has 1 rings (SSSR count). The summed E-state index contributed by atoms with van der Waals surface area (Å²) in [4.78, 5) is 12.8. The lowest BCUT2D eigenvalue weighted by atomic mass is 10.2. The molecular weight excluding hydrogens is 290 g/mol. The zero-order chi connectivity index (χ0) is 15.9. The smallest absolute Gasteiger partial charge is 0.407 e. The van der Waals surface area contributed by atoms with Gasteiger partial charge in [-0.05, 0) is 32.9 Å². The highest BCUT2D eigenvalue weighted by Gasteiger charge is 2.24. The number of hydrogen-bond acceptors (Lipinski definition) is 5. The molecule has 0 aliphatic rings. The molecule has 0 heterocycles. The molecule has 0 unspecified atom stereocenters. The van der Waals surface area contributed by atoms with E-state index in [2.05, 4.69) is 5.32 Å². The average molecular weight is 313 g/mol. The summed E-state index contributed by atoms with van der Waals surface area (Å²) in [6, 6.07) is 9.06. The SMILES string of the molecule is CC(C)(C)OC(=O)N[C@@H](CSc1ccccc1)[C@@H](O)CO. The first-order valence-corrected chi connectivity index (χ1v) is 7.76. The Hall–Kier alpha value is -1.24. The predicted molar refractivity (Wildman–Crippen MR) is 83.4 cm³/mol. The second-order valence-electron chi connectivity index (χ2n) is 5.63. The third-order valence-electron chi connectivity index (χ3n) is 2.53. The Labute approximate surface area is 129 Å². The van der Waals surface area contributed by atoms with Crippen LogP contribution in [0.4, 0.5) is 4.79 Å². The van der Waals surface area contributed by atoms with Gasteiger partial charge in [-0.15, -0.1) is 11.8 Å². The summed E-state index contributed by atoms with van der Waals surface area (Å²) < 4.78 is 5.16. The molecule has 0 radical (unpaired) electrons. The predicted octanol–water partition coefficient (Wildman–Crippen LogP) is 2.03. The van der Waals surface area contributed by atoms with Crippen LogP contribution >= 0.6 is 11.8 Å². The quantitative estimate of drug-likeness (QED) is 0.700. The summed E-state index contributed by atoms with van der Waals surface area (Å²) in [5, 5.41) is 21.5. The largest absolute Gasteiger partial charge is 0.444 e. The van der Waals surface area contributed by atoms with Gasteiger partial charge in [-0.3, -0.25) is 0 Å². The number of nitrogens with one attached hydrogen (secondary N) is 1. The third-order valence-corrected chi connectivity index (χ3v) is 3.66. The monoisotopic (exact) mass is 313 g/mol. The van der Waals surface area contributed by atoms with Crippen molar-refractivity contribution in [1.82, 2.24) is 5.32 Å². The van der Waals surface area contributed by atoms with E-state index in [1.807, 2.05) is 30.3 Å². The maximum Gasteiger partial charge on any atom is 0.407 e. The summed E-state index contributed by atoms with van der Waals surface area (Å²) in [6.07, 6.45) is -1.64. The van der Waals surface area contributed by atoms with Gasteiger partial charge in [0.15, 0.2) is 0 Å². The highest BCUT2D eigenvalue weighted by molar-refractivity contribution is 7.99. The average Bonchev–Trinajstić information content (AvgIpc) is 2.41. The molecule has 3 N–H and O–H groups in total. The Balaban J connectivity index is 2.58. The van der Waals surface area contributed by atoms with Crippen molar-refractivity contribution in [3.63, 3.8) is 0 Å². The standard InChI is InChI=1S/C15H23NO4S/c1-15(2,3)20-14(19)16-12(13(18)9-17)10-21-11-7-5-4-6-8-11/h4-8,12-13,17-18H,9-10H2,1-3H3,(H,16,19)/t12-,13-/m0/s1. The Morgan fingerprint density at radius 2 is 1.95 bits per heavy atom. The summed E-state index contributed by atoms with van der Waals surface area (Å²) in [5.41, 5.74) is -0.606. The first-order chi connectivity index (χ1) is 9.81. The van der Waals surface area contributed by atoms with Gasteiger partial charge in [0, 0.05) is 10.6 Å². The molecule has 1 aromatic rings. The minimum absolute atomic E-state index is 0.421. The van der Waals surface area contributed by atoms with Crippen molar-refractivity contribution in [3.8, 4) is 0 Å². The van der Waals surface area contributed by atoms with E-state index >= 15 is 0 Å². The van der Waals surface area contributed by atoms with E-state index in [-0.39, 0.29) is 0 Å². The van der Waals surface area contributed by atoms with Crippen LogP contribution in [-0.4, -0.2) is 46.4 Å². The number of alkyl carbamates (subject to hydrolysis) is 1. The molecule has 21 heavy (non-hydrogen) atoms. The summed E-state index contributed by atoms with van der Waals surface area (Å²) in [6.45, 7) is 4.88. The molecular formula is C15H23NO4S. The Kier molecular flexibility index (Phi) is 7.01. The number of ether oxygens (including phenoxy) is 1. The molecule has 1 amide bonds. The maximum atomic E-state index is 11.8. The second kappa shape index (κ2) is 8.26. The van der Waals surface area contributed by atoms with E-state index in [1.165, 1.54) is 11.8 Å². The molecule has 0 saturated heterocycles. The van der Waals surface area contributed by atoms with E-state index in [4.69, 9.17) is 9.84 Å².